The lowest BCUT2D eigenvalue weighted by Gasteiger charge is -2.15. The third-order valence-electron chi connectivity index (χ3n) is 4.44. The molecule has 0 saturated heterocycles. The number of hydrogen-bond donors (Lipinski definition) is 2. The summed E-state index contributed by atoms with van der Waals surface area (Å²) >= 11 is 0. The van der Waals surface area contributed by atoms with Gasteiger partial charge in [0.05, 0.1) is 23.1 Å². The number of carbonyl (C=O) groups is 1. The van der Waals surface area contributed by atoms with Crippen LogP contribution in [0.25, 0.3) is 0 Å². The minimum Gasteiger partial charge on any atom is -0.506 e. The minimum absolute atomic E-state index is 0.000298. The van der Waals surface area contributed by atoms with E-state index in [-0.39, 0.29) is 29.6 Å². The van der Waals surface area contributed by atoms with Gasteiger partial charge in [-0.15, -0.1) is 0 Å². The van der Waals surface area contributed by atoms with Gasteiger partial charge in [0, 0.05) is 23.7 Å². The zero-order valence-corrected chi connectivity index (χ0v) is 14.7. The number of nitro benzene ring substituents is 1. The predicted octanol–water partition coefficient (Wildman–Crippen LogP) is 3.67. The third-order valence-corrected chi connectivity index (χ3v) is 4.44. The molecule has 11 heteroatoms. The number of aromatic hydroxyl groups is 1. The van der Waals surface area contributed by atoms with Gasteiger partial charge in [-0.1, -0.05) is 6.92 Å². The Morgan fingerprint density at radius 1 is 1.43 bits per heavy atom. The van der Waals surface area contributed by atoms with E-state index in [1.165, 1.54) is 11.6 Å². The Bertz CT molecular complexity index is 922. The maximum absolute atomic E-state index is 13.0. The second-order valence-electron chi connectivity index (χ2n) is 6.76. The van der Waals surface area contributed by atoms with Crippen molar-refractivity contribution in [1.82, 2.24) is 9.78 Å². The smallest absolute Gasteiger partial charge is 0.435 e. The molecule has 1 heterocycles. The van der Waals surface area contributed by atoms with Gasteiger partial charge in [-0.3, -0.25) is 19.6 Å². The molecule has 2 N–H and O–H groups in total. The quantitative estimate of drug-likeness (QED) is 0.438. The number of nitro groups is 1. The van der Waals surface area contributed by atoms with E-state index in [0.29, 0.717) is 5.69 Å². The second kappa shape index (κ2) is 7.13. The lowest BCUT2D eigenvalue weighted by atomic mass is 10.1. The summed E-state index contributed by atoms with van der Waals surface area (Å²) in [5.41, 5.74) is -1.04. The lowest BCUT2D eigenvalue weighted by molar-refractivity contribution is -0.384. The van der Waals surface area contributed by atoms with E-state index in [9.17, 15) is 33.2 Å². The summed E-state index contributed by atoms with van der Waals surface area (Å²) in [7, 11) is 0. The summed E-state index contributed by atoms with van der Waals surface area (Å²) in [6.07, 6.45) is -3.04. The number of benzene rings is 1. The van der Waals surface area contributed by atoms with Crippen molar-refractivity contribution in [3.05, 3.63) is 45.8 Å². The first-order valence-corrected chi connectivity index (χ1v) is 8.49. The maximum Gasteiger partial charge on any atom is 0.435 e. The first-order chi connectivity index (χ1) is 13.1. The summed E-state index contributed by atoms with van der Waals surface area (Å²) in [4.78, 5) is 22.5. The number of phenolic OH excluding ortho intramolecular Hbond substituents is 1. The number of hydrogen-bond acceptors (Lipinski definition) is 5. The number of anilines is 1. The summed E-state index contributed by atoms with van der Waals surface area (Å²) < 4.78 is 40.1. The molecule has 8 nitrogen and oxygen atoms in total. The van der Waals surface area contributed by atoms with Gasteiger partial charge in [0.2, 0.25) is 5.91 Å². The van der Waals surface area contributed by atoms with Crippen molar-refractivity contribution >= 4 is 17.3 Å². The molecule has 0 aliphatic heterocycles. The highest BCUT2D eigenvalue weighted by molar-refractivity contribution is 5.94. The largest absolute Gasteiger partial charge is 0.506 e. The van der Waals surface area contributed by atoms with Crippen LogP contribution in [0, 0.1) is 16.0 Å². The Morgan fingerprint density at radius 2 is 2.11 bits per heavy atom. The topological polar surface area (TPSA) is 110 Å². The zero-order chi connectivity index (χ0) is 20.6. The van der Waals surface area contributed by atoms with Gasteiger partial charge in [-0.2, -0.15) is 18.3 Å². The van der Waals surface area contributed by atoms with Gasteiger partial charge in [-0.05, 0) is 25.0 Å². The van der Waals surface area contributed by atoms with E-state index in [1.807, 2.05) is 0 Å². The fourth-order valence-corrected chi connectivity index (χ4v) is 2.76. The van der Waals surface area contributed by atoms with Crippen molar-refractivity contribution < 1.29 is 28.0 Å². The Hall–Kier alpha value is -3.11. The van der Waals surface area contributed by atoms with Crippen molar-refractivity contribution in [2.45, 2.75) is 38.4 Å². The van der Waals surface area contributed by atoms with Crippen LogP contribution in [0.3, 0.4) is 0 Å². The number of aromatic nitrogens is 2. The molecule has 1 aliphatic rings. The van der Waals surface area contributed by atoms with Gasteiger partial charge in [0.15, 0.2) is 5.69 Å². The van der Waals surface area contributed by atoms with E-state index in [2.05, 4.69) is 10.4 Å². The molecule has 2 aromatic rings. The van der Waals surface area contributed by atoms with Crippen LogP contribution in [0.15, 0.2) is 24.3 Å². The molecule has 0 spiro atoms. The Morgan fingerprint density at radius 3 is 2.68 bits per heavy atom. The van der Waals surface area contributed by atoms with Crippen LogP contribution < -0.4 is 5.32 Å². The van der Waals surface area contributed by atoms with E-state index in [1.54, 1.807) is 0 Å². The highest BCUT2D eigenvalue weighted by Crippen LogP contribution is 2.42. The van der Waals surface area contributed by atoms with Crippen molar-refractivity contribution in [3.8, 4) is 5.75 Å². The number of carbonyl (C=O) groups excluding carboxylic acids is 1. The van der Waals surface area contributed by atoms with Crippen LogP contribution in [0.2, 0.25) is 0 Å². The van der Waals surface area contributed by atoms with Crippen molar-refractivity contribution in [3.63, 3.8) is 0 Å². The number of alkyl halides is 3. The summed E-state index contributed by atoms with van der Waals surface area (Å²) in [6.45, 7) is 1.40. The molecule has 1 saturated carbocycles. The number of nitrogens with one attached hydrogen (secondary N) is 1. The van der Waals surface area contributed by atoms with Crippen LogP contribution in [0.4, 0.5) is 24.5 Å². The normalized spacial score (nSPS) is 15.3. The molecule has 28 heavy (non-hydrogen) atoms. The molecule has 1 aromatic heterocycles. The van der Waals surface area contributed by atoms with Crippen LogP contribution in [0.1, 0.15) is 37.1 Å². The molecular formula is C17H17F3N4O4. The SMILES string of the molecule is CC(Cn1nc(C(F)(F)F)cc1C1CC1)C(=O)Nc1cc([N+](=O)[O-])ccc1O. The van der Waals surface area contributed by atoms with Crippen molar-refractivity contribution in [2.24, 2.45) is 5.92 Å². The first kappa shape index (κ1) is 19.6. The summed E-state index contributed by atoms with van der Waals surface area (Å²) in [6, 6.07) is 4.17. The minimum atomic E-state index is -4.57. The highest BCUT2D eigenvalue weighted by atomic mass is 19.4. The monoisotopic (exact) mass is 398 g/mol. The Labute approximate surface area is 157 Å². The fraction of sp³-hybridized carbons (Fsp3) is 0.412. The number of halogens is 3. The van der Waals surface area contributed by atoms with Crippen LogP contribution in [0.5, 0.6) is 5.75 Å². The van der Waals surface area contributed by atoms with Gasteiger partial charge < -0.3 is 10.4 Å². The highest BCUT2D eigenvalue weighted by Gasteiger charge is 2.38. The van der Waals surface area contributed by atoms with E-state index in [4.69, 9.17) is 0 Å². The molecule has 1 aliphatic carbocycles. The van der Waals surface area contributed by atoms with E-state index >= 15 is 0 Å². The standard InChI is InChI=1S/C17H17F3N4O4/c1-9(16(26)21-12-6-11(24(27)28)4-5-14(12)25)8-23-13(10-2-3-10)7-15(22-23)17(18,19)20/h4-7,9-10,25H,2-3,8H2,1H3,(H,21,26). The average molecular weight is 398 g/mol. The van der Waals surface area contributed by atoms with Crippen molar-refractivity contribution in [2.75, 3.05) is 5.32 Å². The van der Waals surface area contributed by atoms with E-state index in [0.717, 1.165) is 37.1 Å². The molecule has 1 amide bonds. The van der Waals surface area contributed by atoms with Gasteiger partial charge >= 0.3 is 6.18 Å². The average Bonchev–Trinajstić information content (AvgIpc) is 3.35. The molecule has 1 unspecified atom stereocenters. The summed E-state index contributed by atoms with van der Waals surface area (Å²) in [5, 5.41) is 26.6. The lowest BCUT2D eigenvalue weighted by Crippen LogP contribution is -2.25. The number of phenols is 1. The molecule has 1 fully saturated rings. The zero-order valence-electron chi connectivity index (χ0n) is 14.7. The number of amides is 1. The van der Waals surface area contributed by atoms with E-state index < -0.39 is 28.6 Å². The van der Waals surface area contributed by atoms with Gasteiger partial charge in [0.1, 0.15) is 5.75 Å². The molecule has 1 atom stereocenters. The molecule has 0 bridgehead atoms. The maximum atomic E-state index is 13.0. The van der Waals surface area contributed by atoms with Crippen LogP contribution in [-0.2, 0) is 17.5 Å². The molecule has 150 valence electrons. The molecule has 1 aromatic carbocycles. The Kier molecular flexibility index (Phi) is 5.01. The third kappa shape index (κ3) is 4.24. The summed E-state index contributed by atoms with van der Waals surface area (Å²) in [5.74, 6) is -1.76. The first-order valence-electron chi connectivity index (χ1n) is 8.49. The predicted molar refractivity (Wildman–Crippen MR) is 91.8 cm³/mol. The second-order valence-corrected chi connectivity index (χ2v) is 6.76. The van der Waals surface area contributed by atoms with Gasteiger partial charge in [-0.25, -0.2) is 0 Å². The molecule has 3 rings (SSSR count). The number of nitrogens with zero attached hydrogens (tertiary/aromatic N) is 3. The number of rotatable bonds is 6. The Balaban J connectivity index is 1.76. The number of non-ortho nitro benzene ring substituents is 1. The molecular weight excluding hydrogens is 381 g/mol. The van der Waals surface area contributed by atoms with Crippen LogP contribution in [-0.4, -0.2) is 25.7 Å². The fourth-order valence-electron chi connectivity index (χ4n) is 2.76. The van der Waals surface area contributed by atoms with Crippen LogP contribution >= 0.6 is 0 Å². The van der Waals surface area contributed by atoms with Gasteiger partial charge in [0.25, 0.3) is 5.69 Å². The van der Waals surface area contributed by atoms with Crippen molar-refractivity contribution in [1.29, 1.82) is 0 Å². The molecule has 0 radical (unpaired) electrons.